The van der Waals surface area contributed by atoms with Crippen LogP contribution in [0.5, 0.6) is 17.2 Å². The predicted octanol–water partition coefficient (Wildman–Crippen LogP) is 2.37. The number of amides is 2. The fraction of sp³-hybridized carbons (Fsp3) is 0.300. The minimum absolute atomic E-state index is 0.150. The first-order valence-corrected chi connectivity index (χ1v) is 8.25. The van der Waals surface area contributed by atoms with Crippen LogP contribution >= 0.6 is 0 Å². The zero-order chi connectivity index (χ0) is 18.7. The summed E-state index contributed by atoms with van der Waals surface area (Å²) in [5, 5.41) is 0. The number of methoxy groups -OCH3 is 3. The van der Waals surface area contributed by atoms with Gasteiger partial charge < -0.3 is 14.2 Å². The maximum atomic E-state index is 12.7. The average molecular weight is 355 g/mol. The molecule has 0 N–H and O–H groups in total. The summed E-state index contributed by atoms with van der Waals surface area (Å²) in [5.41, 5.74) is 2.45. The van der Waals surface area contributed by atoms with Crippen LogP contribution in [0, 0.1) is 0 Å². The summed E-state index contributed by atoms with van der Waals surface area (Å²) in [5.74, 6) is 1.38. The zero-order valence-corrected chi connectivity index (χ0v) is 15.1. The number of hydrogen-bond donors (Lipinski definition) is 0. The molecule has 0 aromatic heterocycles. The van der Waals surface area contributed by atoms with Crippen LogP contribution in [0.1, 0.15) is 16.7 Å². The summed E-state index contributed by atoms with van der Waals surface area (Å²) in [7, 11) is 4.68. The molecule has 136 valence electrons. The molecule has 0 aliphatic carbocycles. The van der Waals surface area contributed by atoms with Gasteiger partial charge in [0.05, 0.1) is 40.7 Å². The third kappa shape index (κ3) is 3.49. The second-order valence-electron chi connectivity index (χ2n) is 6.05. The number of imide groups is 1. The maximum Gasteiger partial charge on any atom is 0.233 e. The molecule has 2 aromatic rings. The van der Waals surface area contributed by atoms with Crippen molar-refractivity contribution in [3.8, 4) is 17.2 Å². The summed E-state index contributed by atoms with van der Waals surface area (Å²) < 4.78 is 15.7. The molecule has 0 spiro atoms. The number of fused-ring (bicyclic) bond motifs is 1. The number of nitrogens with zero attached hydrogens (tertiary/aromatic N) is 1. The van der Waals surface area contributed by atoms with Crippen LogP contribution in [0.2, 0.25) is 0 Å². The molecule has 0 unspecified atom stereocenters. The van der Waals surface area contributed by atoms with E-state index >= 15 is 0 Å². The van der Waals surface area contributed by atoms with Crippen molar-refractivity contribution >= 4 is 11.8 Å². The van der Waals surface area contributed by atoms with E-state index in [2.05, 4.69) is 0 Å². The van der Waals surface area contributed by atoms with Gasteiger partial charge in [-0.1, -0.05) is 12.1 Å². The van der Waals surface area contributed by atoms with Crippen LogP contribution in [0.3, 0.4) is 0 Å². The highest BCUT2D eigenvalue weighted by atomic mass is 16.5. The average Bonchev–Trinajstić information content (AvgIpc) is 2.77. The van der Waals surface area contributed by atoms with Crippen LogP contribution < -0.4 is 14.2 Å². The van der Waals surface area contributed by atoms with Gasteiger partial charge in [0.25, 0.3) is 0 Å². The van der Waals surface area contributed by atoms with Crippen LogP contribution in [-0.4, -0.2) is 38.0 Å². The molecule has 6 nitrogen and oxygen atoms in total. The van der Waals surface area contributed by atoms with E-state index in [9.17, 15) is 9.59 Å². The molecular formula is C20H21NO5. The predicted molar refractivity (Wildman–Crippen MR) is 95.5 cm³/mol. The minimum Gasteiger partial charge on any atom is -0.497 e. The van der Waals surface area contributed by atoms with Crippen molar-refractivity contribution in [2.75, 3.05) is 21.3 Å². The standard InChI is InChI=1S/C20H21NO5/c1-24-16-6-4-13(5-7-16)12-21-19(22)10-14-8-17(25-2)18(26-3)9-15(14)11-20(21)23/h4-9H,10-12H2,1-3H3. The normalized spacial score (nSPS) is 13.9. The SMILES string of the molecule is COc1ccc(CN2C(=O)Cc3cc(OC)c(OC)cc3CC2=O)cc1. The molecule has 0 radical (unpaired) electrons. The van der Waals surface area contributed by atoms with Crippen molar-refractivity contribution in [3.05, 3.63) is 53.1 Å². The molecule has 1 aliphatic heterocycles. The van der Waals surface area contributed by atoms with Crippen LogP contribution in [0.25, 0.3) is 0 Å². The molecular weight excluding hydrogens is 334 g/mol. The molecule has 0 saturated carbocycles. The van der Waals surface area contributed by atoms with Crippen molar-refractivity contribution in [1.29, 1.82) is 0 Å². The largest absolute Gasteiger partial charge is 0.497 e. The Morgan fingerprint density at radius 1 is 0.808 bits per heavy atom. The fourth-order valence-corrected chi connectivity index (χ4v) is 3.04. The topological polar surface area (TPSA) is 65.1 Å². The third-order valence-electron chi connectivity index (χ3n) is 4.49. The molecule has 0 atom stereocenters. The minimum atomic E-state index is -0.225. The van der Waals surface area contributed by atoms with Crippen molar-refractivity contribution < 1.29 is 23.8 Å². The molecule has 1 aliphatic rings. The van der Waals surface area contributed by atoms with Gasteiger partial charge in [0.1, 0.15) is 5.75 Å². The highest BCUT2D eigenvalue weighted by Gasteiger charge is 2.28. The van der Waals surface area contributed by atoms with Gasteiger partial charge in [0.2, 0.25) is 11.8 Å². The summed E-state index contributed by atoms with van der Waals surface area (Å²) in [6, 6.07) is 10.9. The van der Waals surface area contributed by atoms with Gasteiger partial charge in [-0.05, 0) is 41.0 Å². The monoisotopic (exact) mass is 355 g/mol. The molecule has 0 bridgehead atoms. The van der Waals surface area contributed by atoms with E-state index in [0.29, 0.717) is 11.5 Å². The molecule has 2 aromatic carbocycles. The lowest BCUT2D eigenvalue weighted by molar-refractivity contribution is -0.144. The van der Waals surface area contributed by atoms with E-state index in [1.165, 1.54) is 4.90 Å². The molecule has 0 fully saturated rings. The lowest BCUT2D eigenvalue weighted by atomic mass is 10.0. The van der Waals surface area contributed by atoms with Gasteiger partial charge in [-0.25, -0.2) is 0 Å². The smallest absolute Gasteiger partial charge is 0.233 e. The van der Waals surface area contributed by atoms with Gasteiger partial charge in [-0.2, -0.15) is 0 Å². The summed E-state index contributed by atoms with van der Waals surface area (Å²) in [6.07, 6.45) is 0.301. The lowest BCUT2D eigenvalue weighted by Gasteiger charge is -2.18. The number of carbonyl (C=O) groups is 2. The highest BCUT2D eigenvalue weighted by Crippen LogP contribution is 2.32. The summed E-state index contributed by atoms with van der Waals surface area (Å²) in [4.78, 5) is 26.7. The number of hydrogen-bond acceptors (Lipinski definition) is 5. The lowest BCUT2D eigenvalue weighted by Crippen LogP contribution is -2.36. The Morgan fingerprint density at radius 2 is 1.31 bits per heavy atom. The van der Waals surface area contributed by atoms with Crippen LogP contribution in [-0.2, 0) is 29.0 Å². The Bertz CT molecular complexity index is 784. The van der Waals surface area contributed by atoms with E-state index in [0.717, 1.165) is 22.4 Å². The van der Waals surface area contributed by atoms with E-state index in [4.69, 9.17) is 14.2 Å². The first-order chi connectivity index (χ1) is 12.5. The highest BCUT2D eigenvalue weighted by molar-refractivity contribution is 5.99. The zero-order valence-electron chi connectivity index (χ0n) is 15.1. The van der Waals surface area contributed by atoms with Gasteiger partial charge in [0, 0.05) is 0 Å². The Kier molecular flexibility index (Phi) is 5.11. The molecule has 2 amide bonds. The van der Waals surface area contributed by atoms with Crippen LogP contribution in [0.4, 0.5) is 0 Å². The fourth-order valence-electron chi connectivity index (χ4n) is 3.04. The number of benzene rings is 2. The Hall–Kier alpha value is -3.02. The van der Waals surface area contributed by atoms with E-state index in [1.807, 2.05) is 24.3 Å². The van der Waals surface area contributed by atoms with Crippen molar-refractivity contribution in [1.82, 2.24) is 4.90 Å². The number of carbonyl (C=O) groups excluding carboxylic acids is 2. The summed E-state index contributed by atoms with van der Waals surface area (Å²) >= 11 is 0. The second kappa shape index (κ2) is 7.47. The number of ether oxygens (including phenoxy) is 3. The van der Waals surface area contributed by atoms with E-state index < -0.39 is 0 Å². The van der Waals surface area contributed by atoms with Crippen molar-refractivity contribution in [3.63, 3.8) is 0 Å². The van der Waals surface area contributed by atoms with Gasteiger partial charge in [-0.3, -0.25) is 14.5 Å². The first-order valence-electron chi connectivity index (χ1n) is 8.25. The maximum absolute atomic E-state index is 12.7. The third-order valence-corrected chi connectivity index (χ3v) is 4.49. The molecule has 6 heteroatoms. The second-order valence-corrected chi connectivity index (χ2v) is 6.05. The summed E-state index contributed by atoms with van der Waals surface area (Å²) in [6.45, 7) is 0.240. The quantitative estimate of drug-likeness (QED) is 0.771. The first kappa shape index (κ1) is 17.8. The number of rotatable bonds is 5. The molecule has 0 saturated heterocycles. The molecule has 1 heterocycles. The van der Waals surface area contributed by atoms with Gasteiger partial charge in [-0.15, -0.1) is 0 Å². The van der Waals surface area contributed by atoms with Gasteiger partial charge in [0.15, 0.2) is 11.5 Å². The van der Waals surface area contributed by atoms with Crippen molar-refractivity contribution in [2.24, 2.45) is 0 Å². The van der Waals surface area contributed by atoms with Crippen molar-refractivity contribution in [2.45, 2.75) is 19.4 Å². The van der Waals surface area contributed by atoms with Crippen LogP contribution in [0.15, 0.2) is 36.4 Å². The van der Waals surface area contributed by atoms with E-state index in [1.54, 1.807) is 33.5 Å². The Labute approximate surface area is 152 Å². The van der Waals surface area contributed by atoms with E-state index in [-0.39, 0.29) is 31.2 Å². The molecule has 26 heavy (non-hydrogen) atoms. The Balaban J connectivity index is 1.86. The molecule has 3 rings (SSSR count). The van der Waals surface area contributed by atoms with Gasteiger partial charge >= 0.3 is 0 Å². The Morgan fingerprint density at radius 3 is 1.73 bits per heavy atom.